The van der Waals surface area contributed by atoms with Gasteiger partial charge in [-0.25, -0.2) is 0 Å². The molecule has 0 saturated heterocycles. The lowest BCUT2D eigenvalue weighted by Crippen LogP contribution is -2.24. The van der Waals surface area contributed by atoms with Crippen molar-refractivity contribution in [2.75, 3.05) is 11.9 Å². The van der Waals surface area contributed by atoms with Gasteiger partial charge in [0.1, 0.15) is 5.75 Å². The van der Waals surface area contributed by atoms with E-state index in [0.717, 1.165) is 22.7 Å². The van der Waals surface area contributed by atoms with E-state index in [2.05, 4.69) is 10.6 Å². The highest BCUT2D eigenvalue weighted by atomic mass is 35.5. The molecule has 5 heteroatoms. The maximum Gasteiger partial charge on any atom is 0.222 e. The van der Waals surface area contributed by atoms with Gasteiger partial charge in [0.25, 0.3) is 0 Å². The Balaban J connectivity index is 1.47. The summed E-state index contributed by atoms with van der Waals surface area (Å²) in [5.41, 5.74) is 1.87. The van der Waals surface area contributed by atoms with Gasteiger partial charge in [-0.05, 0) is 42.0 Å². The Hall–Kier alpha value is -2.98. The second-order valence-electron chi connectivity index (χ2n) is 5.99. The van der Waals surface area contributed by atoms with Crippen molar-refractivity contribution in [3.8, 4) is 11.5 Å². The summed E-state index contributed by atoms with van der Waals surface area (Å²) in [7, 11) is 0. The Morgan fingerprint density at radius 2 is 1.59 bits per heavy atom. The molecule has 0 saturated carbocycles. The first-order valence-electron chi connectivity index (χ1n) is 8.77. The number of ether oxygens (including phenoxy) is 1. The minimum atomic E-state index is -0.0149. The largest absolute Gasteiger partial charge is 0.455 e. The highest BCUT2D eigenvalue weighted by Crippen LogP contribution is 2.28. The van der Waals surface area contributed by atoms with Gasteiger partial charge in [-0.1, -0.05) is 54.1 Å². The molecular weight excluding hydrogens is 360 g/mol. The predicted octanol–water partition coefficient (Wildman–Crippen LogP) is 5.25. The number of carbonyl (C=O) groups is 1. The summed E-state index contributed by atoms with van der Waals surface area (Å²) in [5, 5.41) is 6.86. The van der Waals surface area contributed by atoms with Crippen molar-refractivity contribution in [3.63, 3.8) is 0 Å². The first kappa shape index (κ1) is 18.8. The third kappa shape index (κ3) is 6.04. The van der Waals surface area contributed by atoms with E-state index in [0.29, 0.717) is 24.5 Å². The number of rotatable bonds is 8. The third-order valence-electron chi connectivity index (χ3n) is 3.93. The van der Waals surface area contributed by atoms with Crippen molar-refractivity contribution >= 4 is 23.2 Å². The molecule has 0 aliphatic rings. The van der Waals surface area contributed by atoms with Crippen LogP contribution < -0.4 is 15.4 Å². The van der Waals surface area contributed by atoms with E-state index in [1.54, 1.807) is 0 Å². The molecule has 0 spiro atoms. The molecule has 3 aromatic carbocycles. The molecule has 138 valence electrons. The van der Waals surface area contributed by atoms with E-state index >= 15 is 0 Å². The highest BCUT2D eigenvalue weighted by Gasteiger charge is 2.06. The average molecular weight is 381 g/mol. The Labute approximate surface area is 164 Å². The third-order valence-corrected chi connectivity index (χ3v) is 4.18. The number of halogens is 1. The van der Waals surface area contributed by atoms with Gasteiger partial charge in [0.2, 0.25) is 5.91 Å². The molecule has 3 aromatic rings. The van der Waals surface area contributed by atoms with E-state index < -0.39 is 0 Å². The summed E-state index contributed by atoms with van der Waals surface area (Å²) in [6, 6.07) is 24.7. The van der Waals surface area contributed by atoms with Gasteiger partial charge < -0.3 is 15.4 Å². The number of hydrogen-bond donors (Lipinski definition) is 2. The normalized spacial score (nSPS) is 10.3. The van der Waals surface area contributed by atoms with Crippen molar-refractivity contribution in [1.29, 1.82) is 0 Å². The number of para-hydroxylation sites is 3. The molecular formula is C22H21ClN2O2. The van der Waals surface area contributed by atoms with Crippen LogP contribution in [0.15, 0.2) is 78.9 Å². The topological polar surface area (TPSA) is 50.4 Å². The van der Waals surface area contributed by atoms with E-state index in [1.807, 2.05) is 78.9 Å². The number of nitrogens with one attached hydrogen (secondary N) is 2. The van der Waals surface area contributed by atoms with Crippen LogP contribution in [-0.4, -0.2) is 12.5 Å². The fraction of sp³-hybridized carbons (Fsp3) is 0.136. The number of carbonyl (C=O) groups excluding carboxylic acids is 1. The Morgan fingerprint density at radius 1 is 0.889 bits per heavy atom. The van der Waals surface area contributed by atoms with Gasteiger partial charge in [-0.2, -0.15) is 0 Å². The number of amides is 1. The molecule has 4 nitrogen and oxygen atoms in total. The fourth-order valence-electron chi connectivity index (χ4n) is 2.52. The average Bonchev–Trinajstić information content (AvgIpc) is 2.70. The van der Waals surface area contributed by atoms with Crippen LogP contribution in [0.3, 0.4) is 0 Å². The fourth-order valence-corrected chi connectivity index (χ4v) is 2.65. The maximum atomic E-state index is 12.0. The molecule has 0 fully saturated rings. The lowest BCUT2D eigenvalue weighted by Gasteiger charge is -2.13. The standard InChI is InChI=1S/C22H21ClN2O2/c23-18-12-10-17(11-13-18)16-25-22(26)14-15-24-20-8-4-5-9-21(20)27-19-6-2-1-3-7-19/h1-13,24H,14-16H2,(H,25,26). The summed E-state index contributed by atoms with van der Waals surface area (Å²) >= 11 is 5.86. The predicted molar refractivity (Wildman–Crippen MR) is 109 cm³/mol. The van der Waals surface area contributed by atoms with E-state index in [4.69, 9.17) is 16.3 Å². The summed E-state index contributed by atoms with van der Waals surface area (Å²) < 4.78 is 5.91. The lowest BCUT2D eigenvalue weighted by atomic mass is 10.2. The summed E-state index contributed by atoms with van der Waals surface area (Å²) in [4.78, 5) is 12.0. The molecule has 0 aromatic heterocycles. The van der Waals surface area contributed by atoms with Crippen LogP contribution in [0, 0.1) is 0 Å². The minimum Gasteiger partial charge on any atom is -0.455 e. The van der Waals surface area contributed by atoms with E-state index in [-0.39, 0.29) is 5.91 Å². The van der Waals surface area contributed by atoms with Crippen molar-refractivity contribution < 1.29 is 9.53 Å². The summed E-state index contributed by atoms with van der Waals surface area (Å²) in [6.07, 6.45) is 0.368. The summed E-state index contributed by atoms with van der Waals surface area (Å²) in [6.45, 7) is 1.01. The quantitative estimate of drug-likeness (QED) is 0.561. The molecule has 1 amide bonds. The second-order valence-corrected chi connectivity index (χ2v) is 6.43. The van der Waals surface area contributed by atoms with Crippen molar-refractivity contribution in [1.82, 2.24) is 5.32 Å². The smallest absolute Gasteiger partial charge is 0.222 e. The molecule has 2 N–H and O–H groups in total. The van der Waals surface area contributed by atoms with E-state index in [9.17, 15) is 4.79 Å². The molecule has 0 atom stereocenters. The zero-order chi connectivity index (χ0) is 18.9. The Kier molecular flexibility index (Phi) is 6.72. The Bertz CT molecular complexity index is 867. The van der Waals surface area contributed by atoms with Crippen LogP contribution in [0.25, 0.3) is 0 Å². The van der Waals surface area contributed by atoms with Crippen LogP contribution in [0.2, 0.25) is 5.02 Å². The van der Waals surface area contributed by atoms with Gasteiger partial charge >= 0.3 is 0 Å². The lowest BCUT2D eigenvalue weighted by molar-refractivity contribution is -0.121. The zero-order valence-corrected chi connectivity index (χ0v) is 15.6. The van der Waals surface area contributed by atoms with Crippen molar-refractivity contribution in [2.45, 2.75) is 13.0 Å². The van der Waals surface area contributed by atoms with Crippen LogP contribution >= 0.6 is 11.6 Å². The van der Waals surface area contributed by atoms with Crippen LogP contribution in [-0.2, 0) is 11.3 Å². The molecule has 0 heterocycles. The van der Waals surface area contributed by atoms with Gasteiger partial charge in [0.05, 0.1) is 5.69 Å². The zero-order valence-electron chi connectivity index (χ0n) is 14.8. The van der Waals surface area contributed by atoms with Crippen LogP contribution in [0.1, 0.15) is 12.0 Å². The van der Waals surface area contributed by atoms with Gasteiger partial charge in [-0.15, -0.1) is 0 Å². The van der Waals surface area contributed by atoms with E-state index in [1.165, 1.54) is 0 Å². The molecule has 0 aliphatic carbocycles. The summed E-state index contributed by atoms with van der Waals surface area (Å²) in [5.74, 6) is 1.48. The highest BCUT2D eigenvalue weighted by molar-refractivity contribution is 6.30. The van der Waals surface area contributed by atoms with Crippen LogP contribution in [0.4, 0.5) is 5.69 Å². The molecule has 0 unspecified atom stereocenters. The molecule has 27 heavy (non-hydrogen) atoms. The monoisotopic (exact) mass is 380 g/mol. The van der Waals surface area contributed by atoms with Gasteiger partial charge in [-0.3, -0.25) is 4.79 Å². The maximum absolute atomic E-state index is 12.0. The SMILES string of the molecule is O=C(CCNc1ccccc1Oc1ccccc1)NCc1ccc(Cl)cc1. The van der Waals surface area contributed by atoms with Gasteiger partial charge in [0, 0.05) is 24.5 Å². The number of hydrogen-bond acceptors (Lipinski definition) is 3. The van der Waals surface area contributed by atoms with Crippen LogP contribution in [0.5, 0.6) is 11.5 Å². The number of anilines is 1. The minimum absolute atomic E-state index is 0.0149. The molecule has 3 rings (SSSR count). The Morgan fingerprint density at radius 3 is 2.37 bits per heavy atom. The molecule has 0 aliphatic heterocycles. The first-order valence-corrected chi connectivity index (χ1v) is 9.15. The second kappa shape index (κ2) is 9.64. The van der Waals surface area contributed by atoms with Crippen molar-refractivity contribution in [3.05, 3.63) is 89.4 Å². The molecule has 0 bridgehead atoms. The number of benzene rings is 3. The van der Waals surface area contributed by atoms with Gasteiger partial charge in [0.15, 0.2) is 5.75 Å². The van der Waals surface area contributed by atoms with Crippen molar-refractivity contribution in [2.24, 2.45) is 0 Å². The first-order chi connectivity index (χ1) is 13.2. The molecule has 0 radical (unpaired) electrons.